The first-order valence-corrected chi connectivity index (χ1v) is 4.15. The molecule has 0 aliphatic carbocycles. The highest BCUT2D eigenvalue weighted by Crippen LogP contribution is 2.25. The van der Waals surface area contributed by atoms with E-state index in [2.05, 4.69) is 4.98 Å². The van der Waals surface area contributed by atoms with E-state index >= 15 is 0 Å². The number of halogens is 2. The molecule has 1 rings (SSSR count). The maximum atomic E-state index is 12.5. The molecule has 0 atom stereocenters. The van der Waals surface area contributed by atoms with Gasteiger partial charge in [-0.05, 0) is 6.07 Å². The number of rotatable bonds is 3. The standard InChI is InChI=1S/C9H7F2N3O2/c10-8(11)5-1-4(3-12)9(13)14-6(5)2-7(15)16/h1,8H,2H2,(H2,13,14)(H,15,16). The Kier molecular flexibility index (Phi) is 3.35. The van der Waals surface area contributed by atoms with Gasteiger partial charge in [0.2, 0.25) is 0 Å². The second-order valence-corrected chi connectivity index (χ2v) is 2.94. The molecule has 0 fully saturated rings. The predicted octanol–water partition coefficient (Wildman–Crippen LogP) is 1.10. The van der Waals surface area contributed by atoms with Crippen LogP contribution in [-0.4, -0.2) is 16.1 Å². The molecule has 0 saturated carbocycles. The van der Waals surface area contributed by atoms with Crippen molar-refractivity contribution in [3.05, 3.63) is 22.9 Å². The Morgan fingerprint density at radius 2 is 2.31 bits per heavy atom. The Morgan fingerprint density at radius 1 is 1.69 bits per heavy atom. The zero-order valence-corrected chi connectivity index (χ0v) is 7.94. The van der Waals surface area contributed by atoms with Gasteiger partial charge in [0.25, 0.3) is 6.43 Å². The molecule has 1 aromatic heterocycles. The minimum absolute atomic E-state index is 0.190. The molecule has 0 aromatic carbocycles. The number of hydrogen-bond acceptors (Lipinski definition) is 4. The van der Waals surface area contributed by atoms with Crippen molar-refractivity contribution in [2.75, 3.05) is 5.73 Å². The summed E-state index contributed by atoms with van der Waals surface area (Å²) >= 11 is 0. The van der Waals surface area contributed by atoms with E-state index in [1.807, 2.05) is 0 Å². The van der Waals surface area contributed by atoms with Gasteiger partial charge in [0.05, 0.1) is 17.7 Å². The molecule has 0 radical (unpaired) electrons. The van der Waals surface area contributed by atoms with E-state index in [4.69, 9.17) is 16.1 Å². The maximum absolute atomic E-state index is 12.5. The Morgan fingerprint density at radius 3 is 2.75 bits per heavy atom. The first-order chi connectivity index (χ1) is 7.45. The molecule has 0 aliphatic rings. The number of hydrogen-bond donors (Lipinski definition) is 2. The predicted molar refractivity (Wildman–Crippen MR) is 49.7 cm³/mol. The molecule has 84 valence electrons. The van der Waals surface area contributed by atoms with Gasteiger partial charge in [-0.25, -0.2) is 13.8 Å². The summed E-state index contributed by atoms with van der Waals surface area (Å²) in [6.45, 7) is 0. The minimum Gasteiger partial charge on any atom is -0.481 e. The molecule has 7 heteroatoms. The molecular weight excluding hydrogens is 220 g/mol. The zero-order chi connectivity index (χ0) is 12.3. The maximum Gasteiger partial charge on any atom is 0.309 e. The van der Waals surface area contributed by atoms with Crippen LogP contribution in [-0.2, 0) is 11.2 Å². The van der Waals surface area contributed by atoms with Crippen molar-refractivity contribution < 1.29 is 18.7 Å². The lowest BCUT2D eigenvalue weighted by atomic mass is 10.1. The fourth-order valence-corrected chi connectivity index (χ4v) is 1.15. The fraction of sp³-hybridized carbons (Fsp3) is 0.222. The molecule has 0 aliphatic heterocycles. The topological polar surface area (TPSA) is 100 Å². The molecule has 16 heavy (non-hydrogen) atoms. The smallest absolute Gasteiger partial charge is 0.309 e. The highest BCUT2D eigenvalue weighted by atomic mass is 19.3. The molecule has 0 bridgehead atoms. The zero-order valence-electron chi connectivity index (χ0n) is 7.94. The summed E-state index contributed by atoms with van der Waals surface area (Å²) < 4.78 is 25.1. The Balaban J connectivity index is 3.31. The number of aliphatic carboxylic acids is 1. The van der Waals surface area contributed by atoms with Crippen LogP contribution in [0.1, 0.15) is 23.2 Å². The third-order valence-corrected chi connectivity index (χ3v) is 1.84. The van der Waals surface area contributed by atoms with Crippen molar-refractivity contribution in [1.82, 2.24) is 4.98 Å². The number of nitrogens with two attached hydrogens (primary N) is 1. The van der Waals surface area contributed by atoms with Crippen LogP contribution in [0.4, 0.5) is 14.6 Å². The summed E-state index contributed by atoms with van der Waals surface area (Å²) in [5.41, 5.74) is 4.22. The van der Waals surface area contributed by atoms with Crippen LogP contribution in [0.5, 0.6) is 0 Å². The first kappa shape index (κ1) is 11.8. The van der Waals surface area contributed by atoms with Crippen molar-refractivity contribution in [1.29, 1.82) is 5.26 Å². The Labute approximate surface area is 89.1 Å². The number of carbonyl (C=O) groups is 1. The monoisotopic (exact) mass is 227 g/mol. The van der Waals surface area contributed by atoms with E-state index in [1.165, 1.54) is 0 Å². The van der Waals surface area contributed by atoms with Crippen molar-refractivity contribution in [3.63, 3.8) is 0 Å². The van der Waals surface area contributed by atoms with Crippen molar-refractivity contribution in [2.45, 2.75) is 12.8 Å². The lowest BCUT2D eigenvalue weighted by Gasteiger charge is -2.08. The Bertz CT molecular complexity index is 469. The normalized spacial score (nSPS) is 10.1. The molecular formula is C9H7F2N3O2. The minimum atomic E-state index is -2.89. The van der Waals surface area contributed by atoms with Gasteiger partial charge in [0, 0.05) is 5.56 Å². The first-order valence-electron chi connectivity index (χ1n) is 4.15. The summed E-state index contributed by atoms with van der Waals surface area (Å²) in [4.78, 5) is 13.9. The Hall–Kier alpha value is -2.23. The van der Waals surface area contributed by atoms with Gasteiger partial charge in [0.15, 0.2) is 0 Å². The number of carboxylic acid groups (broad SMARTS) is 1. The number of aromatic nitrogens is 1. The quantitative estimate of drug-likeness (QED) is 0.805. The van der Waals surface area contributed by atoms with Gasteiger partial charge in [-0.2, -0.15) is 5.26 Å². The van der Waals surface area contributed by atoms with Crippen LogP contribution < -0.4 is 5.73 Å². The fourth-order valence-electron chi connectivity index (χ4n) is 1.15. The van der Waals surface area contributed by atoms with Crippen molar-refractivity contribution in [2.24, 2.45) is 0 Å². The third-order valence-electron chi connectivity index (χ3n) is 1.84. The highest BCUT2D eigenvalue weighted by molar-refractivity contribution is 5.70. The van der Waals surface area contributed by atoms with E-state index in [9.17, 15) is 13.6 Å². The van der Waals surface area contributed by atoms with E-state index in [1.54, 1.807) is 6.07 Å². The summed E-state index contributed by atoms with van der Waals surface area (Å²) in [6, 6.07) is 2.47. The largest absolute Gasteiger partial charge is 0.481 e. The summed E-state index contributed by atoms with van der Waals surface area (Å²) in [5, 5.41) is 17.1. The summed E-state index contributed by atoms with van der Waals surface area (Å²) in [7, 11) is 0. The number of nitrogens with zero attached hydrogens (tertiary/aromatic N) is 2. The second kappa shape index (κ2) is 4.53. The van der Waals surface area contributed by atoms with Gasteiger partial charge in [0.1, 0.15) is 11.9 Å². The van der Waals surface area contributed by atoms with Crippen molar-refractivity contribution >= 4 is 11.8 Å². The van der Waals surface area contributed by atoms with Crippen LogP contribution in [0.25, 0.3) is 0 Å². The number of nitriles is 1. The molecule has 1 heterocycles. The van der Waals surface area contributed by atoms with Crippen LogP contribution in [0.3, 0.4) is 0 Å². The second-order valence-electron chi connectivity index (χ2n) is 2.94. The average molecular weight is 227 g/mol. The highest BCUT2D eigenvalue weighted by Gasteiger charge is 2.19. The number of pyridine rings is 1. The van der Waals surface area contributed by atoms with Gasteiger partial charge >= 0.3 is 5.97 Å². The van der Waals surface area contributed by atoms with Gasteiger partial charge in [-0.15, -0.1) is 0 Å². The number of anilines is 1. The van der Waals surface area contributed by atoms with Gasteiger partial charge in [-0.1, -0.05) is 0 Å². The molecule has 0 spiro atoms. The number of carboxylic acids is 1. The lowest BCUT2D eigenvalue weighted by molar-refractivity contribution is -0.136. The number of nitrogen functional groups attached to an aromatic ring is 1. The lowest BCUT2D eigenvalue weighted by Crippen LogP contribution is -2.09. The van der Waals surface area contributed by atoms with E-state index in [-0.39, 0.29) is 17.1 Å². The van der Waals surface area contributed by atoms with E-state index < -0.39 is 24.4 Å². The SMILES string of the molecule is N#Cc1cc(C(F)F)c(CC(=O)O)nc1N. The van der Waals surface area contributed by atoms with Crippen LogP contribution >= 0.6 is 0 Å². The van der Waals surface area contributed by atoms with Gasteiger partial charge < -0.3 is 10.8 Å². The van der Waals surface area contributed by atoms with Gasteiger partial charge in [-0.3, -0.25) is 4.79 Å². The van der Waals surface area contributed by atoms with E-state index in [0.29, 0.717) is 0 Å². The van der Waals surface area contributed by atoms with Crippen LogP contribution in [0.2, 0.25) is 0 Å². The van der Waals surface area contributed by atoms with E-state index in [0.717, 1.165) is 6.07 Å². The van der Waals surface area contributed by atoms with Crippen LogP contribution in [0.15, 0.2) is 6.07 Å². The van der Waals surface area contributed by atoms with Crippen LogP contribution in [0, 0.1) is 11.3 Å². The molecule has 0 amide bonds. The molecule has 0 saturated heterocycles. The summed E-state index contributed by atoms with van der Waals surface area (Å²) in [6.07, 6.45) is -3.55. The average Bonchev–Trinajstić information content (AvgIpc) is 2.16. The van der Waals surface area contributed by atoms with Crippen molar-refractivity contribution in [3.8, 4) is 6.07 Å². The molecule has 3 N–H and O–H groups in total. The molecule has 1 aromatic rings. The molecule has 5 nitrogen and oxygen atoms in total. The molecule has 0 unspecified atom stereocenters. The summed E-state index contributed by atoms with van der Waals surface area (Å²) in [5.74, 6) is -1.54. The third kappa shape index (κ3) is 2.42. The number of alkyl halides is 2.